The van der Waals surface area contributed by atoms with Gasteiger partial charge in [-0.05, 0) is 102 Å². The second-order valence-corrected chi connectivity index (χ2v) is 14.9. The third-order valence-electron chi connectivity index (χ3n) is 8.65. The molecule has 1 aliphatic carbocycles. The van der Waals surface area contributed by atoms with Crippen molar-refractivity contribution in [3.05, 3.63) is 149 Å². The van der Waals surface area contributed by atoms with E-state index in [0.29, 0.717) is 25.2 Å². The second-order valence-electron chi connectivity index (χ2n) is 12.1. The van der Waals surface area contributed by atoms with Crippen LogP contribution in [0.2, 0.25) is 0 Å². The second kappa shape index (κ2) is 15.4. The summed E-state index contributed by atoms with van der Waals surface area (Å²) in [5.74, 6) is 0. The fourth-order valence-corrected chi connectivity index (χ4v) is 7.23. The van der Waals surface area contributed by atoms with E-state index in [2.05, 4.69) is 53.5 Å². The molecule has 0 heterocycles. The minimum absolute atomic E-state index is 0.130. The first kappa shape index (κ1) is 36.5. The lowest BCUT2D eigenvalue weighted by Crippen LogP contribution is -2.23. The van der Waals surface area contributed by atoms with Crippen LogP contribution in [0.3, 0.4) is 0 Å². The highest BCUT2D eigenvalue weighted by atomic mass is 32.2. The molecule has 4 aromatic carbocycles. The van der Waals surface area contributed by atoms with Gasteiger partial charge in [0.25, 0.3) is 10.1 Å². The van der Waals surface area contributed by atoms with Gasteiger partial charge in [-0.1, -0.05) is 54.6 Å². The Morgan fingerprint density at radius 1 is 0.700 bits per heavy atom. The first-order valence-corrected chi connectivity index (χ1v) is 19.1. The van der Waals surface area contributed by atoms with Crippen molar-refractivity contribution in [3.63, 3.8) is 0 Å². The Morgan fingerprint density at radius 3 is 1.74 bits per heavy atom. The maximum absolute atomic E-state index is 11.9. The standard InChI is InChI=1S/C39H41N3O6S2/c1-5-41(27-29-10-9-12-37(26-29)49(43,44)45)35-22-16-31(17-23-35)39(30-14-20-34(21-15-30)40(3)4)32-18-24-36(25-19-32)42(6-2)28-33-11-7-8-13-38(33)50(46,47)48/h7-26H,5-6,27-28H2,1-4H3,(H-,43,44,45,46,47,48). The van der Waals surface area contributed by atoms with Gasteiger partial charge in [0.2, 0.25) is 0 Å². The molecule has 0 radical (unpaired) electrons. The molecular formula is C39H41N3O6S2. The van der Waals surface area contributed by atoms with E-state index >= 15 is 0 Å². The van der Waals surface area contributed by atoms with Gasteiger partial charge in [0, 0.05) is 49.7 Å². The van der Waals surface area contributed by atoms with Crippen LogP contribution in [-0.4, -0.2) is 63.4 Å². The fourth-order valence-electron chi connectivity index (χ4n) is 5.98. The third kappa shape index (κ3) is 8.67. The van der Waals surface area contributed by atoms with Crippen molar-refractivity contribution in [2.45, 2.75) is 36.7 Å². The van der Waals surface area contributed by atoms with Gasteiger partial charge < -0.3 is 14.4 Å². The van der Waals surface area contributed by atoms with Gasteiger partial charge >= 0.3 is 0 Å². The zero-order valence-corrected chi connectivity index (χ0v) is 30.2. The Labute approximate surface area is 295 Å². The summed E-state index contributed by atoms with van der Waals surface area (Å²) >= 11 is 0. The van der Waals surface area contributed by atoms with Gasteiger partial charge in [-0.3, -0.25) is 4.55 Å². The van der Waals surface area contributed by atoms with E-state index in [9.17, 15) is 25.9 Å². The summed E-state index contributed by atoms with van der Waals surface area (Å²) in [7, 11) is -4.91. The van der Waals surface area contributed by atoms with Crippen molar-refractivity contribution < 1.29 is 30.5 Å². The Hall–Kier alpha value is -4.81. The first-order valence-electron chi connectivity index (χ1n) is 16.2. The summed E-state index contributed by atoms with van der Waals surface area (Å²) in [5.41, 5.74) is 8.21. The topological polar surface area (TPSA) is 121 Å². The highest BCUT2D eigenvalue weighted by Crippen LogP contribution is 2.33. The van der Waals surface area contributed by atoms with Gasteiger partial charge in [0.1, 0.15) is 24.2 Å². The van der Waals surface area contributed by atoms with Crippen LogP contribution in [0.15, 0.2) is 137 Å². The van der Waals surface area contributed by atoms with Crippen LogP contribution in [0.1, 0.15) is 36.1 Å². The van der Waals surface area contributed by atoms with E-state index in [1.54, 1.807) is 24.3 Å². The number of hydrogen-bond donors (Lipinski definition) is 1. The first-order chi connectivity index (χ1) is 23.8. The van der Waals surface area contributed by atoms with Crippen molar-refractivity contribution in [1.82, 2.24) is 0 Å². The molecule has 1 aliphatic rings. The minimum Gasteiger partial charge on any atom is -0.744 e. The molecule has 0 amide bonds. The molecule has 0 aromatic heterocycles. The van der Waals surface area contributed by atoms with Crippen molar-refractivity contribution >= 4 is 42.9 Å². The highest BCUT2D eigenvalue weighted by Gasteiger charge is 2.17. The predicted octanol–water partition coefficient (Wildman–Crippen LogP) is 6.53. The molecule has 0 atom stereocenters. The quantitative estimate of drug-likeness (QED) is 0.130. The molecule has 0 aliphatic heterocycles. The molecule has 1 N–H and O–H groups in total. The maximum Gasteiger partial charge on any atom is 0.294 e. The van der Waals surface area contributed by atoms with Crippen molar-refractivity contribution in [1.29, 1.82) is 0 Å². The van der Waals surface area contributed by atoms with Crippen LogP contribution in [0.4, 0.5) is 11.4 Å². The van der Waals surface area contributed by atoms with Crippen LogP contribution in [0.25, 0.3) is 5.57 Å². The van der Waals surface area contributed by atoms with Gasteiger partial charge in [0.15, 0.2) is 5.71 Å². The molecule has 5 rings (SSSR count). The summed E-state index contributed by atoms with van der Waals surface area (Å²) in [6.45, 7) is 6.03. The average Bonchev–Trinajstić information content (AvgIpc) is 3.10. The summed E-state index contributed by atoms with van der Waals surface area (Å²) in [4.78, 5) is 3.82. The Bertz CT molecular complexity index is 2180. The van der Waals surface area contributed by atoms with Crippen LogP contribution < -0.4 is 9.80 Å². The van der Waals surface area contributed by atoms with Gasteiger partial charge in [-0.15, -0.1) is 0 Å². The van der Waals surface area contributed by atoms with Gasteiger partial charge in [0.05, 0.1) is 9.79 Å². The van der Waals surface area contributed by atoms with Crippen molar-refractivity contribution in [2.75, 3.05) is 37.0 Å². The van der Waals surface area contributed by atoms with E-state index in [1.807, 2.05) is 67.8 Å². The number of rotatable bonds is 12. The maximum atomic E-state index is 11.9. The molecule has 0 saturated heterocycles. The molecule has 50 heavy (non-hydrogen) atoms. The Morgan fingerprint density at radius 2 is 1.24 bits per heavy atom. The summed E-state index contributed by atoms with van der Waals surface area (Å²) in [5, 5.41) is 0. The van der Waals surface area contributed by atoms with Crippen LogP contribution in [0, 0.1) is 0 Å². The molecule has 260 valence electrons. The zero-order chi connectivity index (χ0) is 36.1. The molecule has 0 saturated carbocycles. The molecular weight excluding hydrogens is 671 g/mol. The Balaban J connectivity index is 1.48. The lowest BCUT2D eigenvalue weighted by atomic mass is 9.90. The Kier molecular flexibility index (Phi) is 11.2. The normalized spacial score (nSPS) is 13.0. The largest absolute Gasteiger partial charge is 0.744 e. The summed E-state index contributed by atoms with van der Waals surface area (Å²) in [6.07, 6.45) is 8.37. The van der Waals surface area contributed by atoms with E-state index in [4.69, 9.17) is 0 Å². The van der Waals surface area contributed by atoms with Crippen molar-refractivity contribution in [3.8, 4) is 0 Å². The average molecular weight is 712 g/mol. The lowest BCUT2D eigenvalue weighted by molar-refractivity contribution is -0.462. The van der Waals surface area contributed by atoms with Crippen LogP contribution in [-0.2, 0) is 33.3 Å². The van der Waals surface area contributed by atoms with Crippen LogP contribution in [0.5, 0.6) is 0 Å². The summed E-state index contributed by atoms with van der Waals surface area (Å²) in [6, 6.07) is 29.0. The van der Waals surface area contributed by atoms with E-state index in [-0.39, 0.29) is 16.3 Å². The number of nitrogens with zero attached hydrogens (tertiary/aromatic N) is 3. The van der Waals surface area contributed by atoms with Crippen LogP contribution >= 0.6 is 0 Å². The number of allylic oxidation sites excluding steroid dienone is 5. The number of hydrogen-bond acceptors (Lipinski definition) is 7. The van der Waals surface area contributed by atoms with E-state index in [1.165, 1.54) is 18.2 Å². The minimum atomic E-state index is -4.61. The van der Waals surface area contributed by atoms with Crippen molar-refractivity contribution in [2.24, 2.45) is 0 Å². The van der Waals surface area contributed by atoms with Gasteiger partial charge in [-0.2, -0.15) is 8.42 Å². The summed E-state index contributed by atoms with van der Waals surface area (Å²) < 4.78 is 70.6. The SMILES string of the molecule is CCN(Cc1cccc(S(=O)(=O)O)c1)c1ccc(C(=C2C=CC(=[N+](C)C)C=C2)c2ccc(N(CC)Cc3ccccc3S(=O)(=O)[O-])cc2)cc1. The molecule has 9 nitrogen and oxygen atoms in total. The molecule has 0 bridgehead atoms. The van der Waals surface area contributed by atoms with E-state index < -0.39 is 20.2 Å². The molecule has 4 aromatic rings. The van der Waals surface area contributed by atoms with Gasteiger partial charge in [-0.25, -0.2) is 13.0 Å². The highest BCUT2D eigenvalue weighted by molar-refractivity contribution is 7.86. The smallest absolute Gasteiger partial charge is 0.294 e. The molecule has 0 spiro atoms. The monoisotopic (exact) mass is 711 g/mol. The zero-order valence-electron chi connectivity index (χ0n) is 28.5. The fraction of sp³-hybridized carbons (Fsp3) is 0.205. The van der Waals surface area contributed by atoms with E-state index in [0.717, 1.165) is 44.9 Å². The molecule has 0 unspecified atom stereocenters. The predicted molar refractivity (Wildman–Crippen MR) is 198 cm³/mol. The number of benzene rings is 4. The number of anilines is 2. The molecule has 0 fully saturated rings. The third-order valence-corrected chi connectivity index (χ3v) is 10.4. The lowest BCUT2D eigenvalue weighted by Gasteiger charge is -2.26. The molecule has 11 heteroatoms.